The molecule has 0 unspecified atom stereocenters. The second-order valence-corrected chi connectivity index (χ2v) is 6.75. The van der Waals surface area contributed by atoms with Crippen LogP contribution in [0.25, 0.3) is 5.95 Å². The minimum absolute atomic E-state index is 0.0417. The van der Waals surface area contributed by atoms with Crippen molar-refractivity contribution in [3.05, 3.63) is 63.4 Å². The Morgan fingerprint density at radius 2 is 1.85 bits per heavy atom. The quantitative estimate of drug-likeness (QED) is 0.737. The van der Waals surface area contributed by atoms with Crippen LogP contribution in [0.15, 0.2) is 24.3 Å². The van der Waals surface area contributed by atoms with Crippen LogP contribution in [0, 0.1) is 33.5 Å². The molecule has 2 heterocycles. The molecule has 140 valence electrons. The van der Waals surface area contributed by atoms with Gasteiger partial charge < -0.3 is 5.32 Å². The summed E-state index contributed by atoms with van der Waals surface area (Å²) in [5.41, 5.74) is 3.92. The molecule has 0 bridgehead atoms. The van der Waals surface area contributed by atoms with Crippen LogP contribution in [0.5, 0.6) is 0 Å². The molecule has 0 aliphatic heterocycles. The van der Waals surface area contributed by atoms with E-state index < -0.39 is 5.82 Å². The lowest BCUT2D eigenvalue weighted by molar-refractivity contribution is -0.115. The molecule has 1 N–H and O–H groups in total. The van der Waals surface area contributed by atoms with E-state index in [-0.39, 0.29) is 23.0 Å². The average Bonchev–Trinajstić information content (AvgIpc) is 2.86. The van der Waals surface area contributed by atoms with Gasteiger partial charge in [-0.15, -0.1) is 0 Å². The van der Waals surface area contributed by atoms with Gasteiger partial charge in [0.25, 0.3) is 5.95 Å². The number of amides is 1. The van der Waals surface area contributed by atoms with Crippen molar-refractivity contribution in [3.63, 3.8) is 0 Å². The van der Waals surface area contributed by atoms with E-state index >= 15 is 0 Å². The highest BCUT2D eigenvalue weighted by Crippen LogP contribution is 2.23. The van der Waals surface area contributed by atoms with Crippen molar-refractivity contribution in [2.75, 3.05) is 5.32 Å². The third-order valence-corrected chi connectivity index (χ3v) is 4.46. The fraction of sp³-hybridized carbons (Fsp3) is 0.263. The van der Waals surface area contributed by atoms with Crippen molar-refractivity contribution >= 4 is 23.2 Å². The molecule has 0 spiro atoms. The maximum Gasteiger partial charge on any atom is 0.251 e. The van der Waals surface area contributed by atoms with Gasteiger partial charge in [-0.1, -0.05) is 17.7 Å². The molecule has 6 nitrogen and oxygen atoms in total. The van der Waals surface area contributed by atoms with Crippen LogP contribution < -0.4 is 5.32 Å². The van der Waals surface area contributed by atoms with Crippen LogP contribution in [0.4, 0.5) is 10.1 Å². The van der Waals surface area contributed by atoms with Crippen molar-refractivity contribution in [1.29, 1.82) is 0 Å². The number of rotatable bonds is 4. The highest BCUT2D eigenvalue weighted by molar-refractivity contribution is 6.31. The molecule has 3 aromatic rings. The summed E-state index contributed by atoms with van der Waals surface area (Å²) in [6.45, 7) is 7.44. The lowest BCUT2D eigenvalue weighted by Gasteiger charge is -2.08. The lowest BCUT2D eigenvalue weighted by atomic mass is 10.1. The van der Waals surface area contributed by atoms with E-state index in [0.29, 0.717) is 11.6 Å². The summed E-state index contributed by atoms with van der Waals surface area (Å²) < 4.78 is 15.6. The van der Waals surface area contributed by atoms with E-state index in [1.54, 1.807) is 10.7 Å². The molecule has 2 aromatic heterocycles. The third kappa shape index (κ3) is 3.98. The molecule has 0 fully saturated rings. The Morgan fingerprint density at radius 3 is 2.52 bits per heavy atom. The van der Waals surface area contributed by atoms with Gasteiger partial charge in [-0.2, -0.15) is 5.10 Å². The Balaban J connectivity index is 1.86. The maximum atomic E-state index is 14.0. The Morgan fingerprint density at radius 1 is 1.19 bits per heavy atom. The van der Waals surface area contributed by atoms with Gasteiger partial charge >= 0.3 is 0 Å². The molecular weight excluding hydrogens is 369 g/mol. The van der Waals surface area contributed by atoms with Crippen molar-refractivity contribution < 1.29 is 9.18 Å². The number of carbonyl (C=O) groups is 1. The molecule has 3 rings (SSSR count). The minimum Gasteiger partial charge on any atom is -0.323 e. The summed E-state index contributed by atoms with van der Waals surface area (Å²) in [6, 6.07) is 6.34. The van der Waals surface area contributed by atoms with Gasteiger partial charge in [0.2, 0.25) is 5.91 Å². The number of aromatic nitrogens is 4. The van der Waals surface area contributed by atoms with Gasteiger partial charge in [-0.3, -0.25) is 4.79 Å². The number of benzene rings is 1. The lowest BCUT2D eigenvalue weighted by Crippen LogP contribution is -2.16. The number of anilines is 1. The van der Waals surface area contributed by atoms with E-state index in [2.05, 4.69) is 20.4 Å². The maximum absolute atomic E-state index is 14.0. The van der Waals surface area contributed by atoms with Crippen LogP contribution in [0.3, 0.4) is 0 Å². The topological polar surface area (TPSA) is 72.7 Å². The SMILES string of the molecule is Cc1cc(C)nc(-n2nc(C)c(CC(=O)Nc3cccc(Cl)c3F)c2C)n1. The van der Waals surface area contributed by atoms with Gasteiger partial charge in [0.1, 0.15) is 0 Å². The number of hydrogen-bond acceptors (Lipinski definition) is 4. The first kappa shape index (κ1) is 19.0. The Bertz CT molecular complexity index is 1010. The van der Waals surface area contributed by atoms with E-state index in [1.807, 2.05) is 33.8 Å². The highest BCUT2D eigenvalue weighted by Gasteiger charge is 2.18. The Labute approximate surface area is 161 Å². The van der Waals surface area contributed by atoms with Crippen LogP contribution in [-0.4, -0.2) is 25.7 Å². The first-order valence-corrected chi connectivity index (χ1v) is 8.75. The predicted molar refractivity (Wildman–Crippen MR) is 102 cm³/mol. The first-order valence-electron chi connectivity index (χ1n) is 8.38. The zero-order valence-electron chi connectivity index (χ0n) is 15.5. The van der Waals surface area contributed by atoms with E-state index in [0.717, 1.165) is 22.6 Å². The van der Waals surface area contributed by atoms with Gasteiger partial charge in [-0.25, -0.2) is 19.0 Å². The summed E-state index contributed by atoms with van der Waals surface area (Å²) in [4.78, 5) is 21.2. The van der Waals surface area contributed by atoms with Crippen LogP contribution in [0.1, 0.15) is 28.3 Å². The molecule has 0 saturated heterocycles. The van der Waals surface area contributed by atoms with Crippen molar-refractivity contribution in [2.24, 2.45) is 0 Å². The van der Waals surface area contributed by atoms with Crippen molar-refractivity contribution in [2.45, 2.75) is 34.1 Å². The molecule has 0 aliphatic rings. The van der Waals surface area contributed by atoms with Gasteiger partial charge in [-0.05, 0) is 45.9 Å². The van der Waals surface area contributed by atoms with Crippen LogP contribution in [-0.2, 0) is 11.2 Å². The second-order valence-electron chi connectivity index (χ2n) is 6.34. The summed E-state index contributed by atoms with van der Waals surface area (Å²) in [5.74, 6) is -0.552. The number of aryl methyl sites for hydroxylation is 3. The molecule has 1 amide bonds. The molecule has 0 aliphatic carbocycles. The zero-order chi connectivity index (χ0) is 19.7. The highest BCUT2D eigenvalue weighted by atomic mass is 35.5. The zero-order valence-corrected chi connectivity index (χ0v) is 16.2. The number of hydrogen-bond donors (Lipinski definition) is 1. The smallest absolute Gasteiger partial charge is 0.251 e. The first-order chi connectivity index (χ1) is 12.8. The Hall–Kier alpha value is -2.80. The Kier molecular flexibility index (Phi) is 5.23. The predicted octanol–water partition coefficient (Wildman–Crippen LogP) is 3.87. The van der Waals surface area contributed by atoms with E-state index in [1.165, 1.54) is 12.1 Å². The fourth-order valence-corrected chi connectivity index (χ4v) is 3.06. The van der Waals surface area contributed by atoms with Gasteiger partial charge in [0.15, 0.2) is 5.82 Å². The van der Waals surface area contributed by atoms with Gasteiger partial charge in [0, 0.05) is 22.6 Å². The monoisotopic (exact) mass is 387 g/mol. The summed E-state index contributed by atoms with van der Waals surface area (Å²) in [7, 11) is 0. The van der Waals surface area contributed by atoms with Crippen molar-refractivity contribution in [1.82, 2.24) is 19.7 Å². The number of carbonyl (C=O) groups excluding carboxylic acids is 1. The molecule has 0 atom stereocenters. The molecule has 27 heavy (non-hydrogen) atoms. The van der Waals surface area contributed by atoms with Gasteiger partial charge in [0.05, 0.1) is 22.8 Å². The molecule has 8 heteroatoms. The van der Waals surface area contributed by atoms with Crippen LogP contribution in [0.2, 0.25) is 5.02 Å². The summed E-state index contributed by atoms with van der Waals surface area (Å²) in [5, 5.41) is 6.98. The average molecular weight is 388 g/mol. The number of nitrogens with zero attached hydrogens (tertiary/aromatic N) is 4. The molecular formula is C19H19ClFN5O. The second kappa shape index (κ2) is 7.44. The van der Waals surface area contributed by atoms with E-state index in [9.17, 15) is 9.18 Å². The van der Waals surface area contributed by atoms with Crippen LogP contribution >= 0.6 is 11.6 Å². The standard InChI is InChI=1S/C19H19ClFN5O/c1-10-8-11(2)23-19(22-10)26-13(4)14(12(3)25-26)9-17(27)24-16-7-5-6-15(20)18(16)21/h5-8H,9H2,1-4H3,(H,24,27). The van der Waals surface area contributed by atoms with E-state index in [4.69, 9.17) is 11.6 Å². The molecule has 0 radical (unpaired) electrons. The molecule has 0 saturated carbocycles. The van der Waals surface area contributed by atoms with Crippen molar-refractivity contribution in [3.8, 4) is 5.95 Å². The summed E-state index contributed by atoms with van der Waals surface area (Å²) >= 11 is 5.75. The normalized spacial score (nSPS) is 10.9. The largest absolute Gasteiger partial charge is 0.323 e. The number of halogens is 2. The molecule has 1 aromatic carbocycles. The minimum atomic E-state index is -0.653. The number of nitrogens with one attached hydrogen (secondary N) is 1. The summed E-state index contributed by atoms with van der Waals surface area (Å²) in [6.07, 6.45) is 0.0500. The third-order valence-electron chi connectivity index (χ3n) is 4.16. The fourth-order valence-electron chi connectivity index (χ4n) is 2.88.